The highest BCUT2D eigenvalue weighted by molar-refractivity contribution is 7.89. The van der Waals surface area contributed by atoms with Gasteiger partial charge in [0.1, 0.15) is 22.1 Å². The van der Waals surface area contributed by atoms with Crippen molar-refractivity contribution in [1.82, 2.24) is 4.72 Å². The van der Waals surface area contributed by atoms with Crippen molar-refractivity contribution in [3.63, 3.8) is 0 Å². The van der Waals surface area contributed by atoms with Crippen molar-refractivity contribution in [1.29, 1.82) is 0 Å². The van der Waals surface area contributed by atoms with E-state index in [4.69, 9.17) is 25.8 Å². The number of anilines is 1. The number of ether oxygens (including phenoxy) is 3. The Morgan fingerprint density at radius 1 is 1.10 bits per heavy atom. The highest BCUT2D eigenvalue weighted by Gasteiger charge is 2.26. The molecule has 10 heteroatoms. The maximum atomic E-state index is 12.8. The minimum atomic E-state index is -4.07. The molecule has 0 saturated heterocycles. The molecule has 0 aromatic heterocycles. The largest absolute Gasteiger partial charge is 0.497 e. The Bertz CT molecular complexity index is 981. The molecule has 29 heavy (non-hydrogen) atoms. The van der Waals surface area contributed by atoms with Gasteiger partial charge in [0.25, 0.3) is 0 Å². The van der Waals surface area contributed by atoms with E-state index in [-0.39, 0.29) is 22.3 Å². The van der Waals surface area contributed by atoms with E-state index in [9.17, 15) is 13.2 Å². The number of nitrogens with one attached hydrogen (secondary N) is 2. The Morgan fingerprint density at radius 3 is 2.45 bits per heavy atom. The van der Waals surface area contributed by atoms with Crippen LogP contribution in [0.2, 0.25) is 5.02 Å². The number of halogens is 1. The molecule has 0 radical (unpaired) electrons. The Kier molecular flexibility index (Phi) is 7.72. The van der Waals surface area contributed by atoms with Crippen LogP contribution >= 0.6 is 11.6 Å². The Morgan fingerprint density at radius 2 is 1.83 bits per heavy atom. The number of hydrogen-bond acceptors (Lipinski definition) is 6. The van der Waals surface area contributed by atoms with E-state index in [1.54, 1.807) is 25.1 Å². The highest BCUT2D eigenvalue weighted by Crippen LogP contribution is 2.30. The average Bonchev–Trinajstić information content (AvgIpc) is 2.69. The lowest BCUT2D eigenvalue weighted by molar-refractivity contribution is -0.117. The number of amides is 1. The second-order valence-corrected chi connectivity index (χ2v) is 8.04. The minimum absolute atomic E-state index is 0.145. The van der Waals surface area contributed by atoms with E-state index in [1.165, 1.54) is 39.3 Å². The van der Waals surface area contributed by atoms with Crippen LogP contribution in [0.3, 0.4) is 0 Å². The van der Waals surface area contributed by atoms with Gasteiger partial charge in [0.2, 0.25) is 15.9 Å². The monoisotopic (exact) mass is 442 g/mol. The summed E-state index contributed by atoms with van der Waals surface area (Å²) in [5.41, 5.74) is 0.377. The molecule has 2 rings (SSSR count). The highest BCUT2D eigenvalue weighted by atomic mass is 35.5. The van der Waals surface area contributed by atoms with Crippen LogP contribution in [-0.4, -0.2) is 41.2 Å². The third-order valence-corrected chi connectivity index (χ3v) is 5.68. The molecular formula is C19H23ClN2O6S. The van der Waals surface area contributed by atoms with Gasteiger partial charge in [-0.1, -0.05) is 11.6 Å². The molecule has 1 amide bonds. The molecule has 1 atom stereocenters. The maximum Gasteiger partial charge on any atom is 0.245 e. The van der Waals surface area contributed by atoms with Crippen molar-refractivity contribution in [2.75, 3.05) is 26.1 Å². The van der Waals surface area contributed by atoms with Crippen LogP contribution in [0.15, 0.2) is 41.3 Å². The summed E-state index contributed by atoms with van der Waals surface area (Å²) < 4.78 is 43.6. The van der Waals surface area contributed by atoms with Crippen molar-refractivity contribution < 1.29 is 27.4 Å². The fraction of sp³-hybridized carbons (Fsp3) is 0.316. The molecule has 0 heterocycles. The molecule has 0 fully saturated rings. The van der Waals surface area contributed by atoms with Gasteiger partial charge in [-0.15, -0.1) is 0 Å². The van der Waals surface area contributed by atoms with Crippen LogP contribution in [0, 0.1) is 0 Å². The SMILES string of the molecule is CCOc1ccc(Cl)cc1S(=O)(=O)NC(C)C(=O)Nc1ccc(OC)cc1OC. The zero-order valence-corrected chi connectivity index (χ0v) is 18.1. The number of hydrogen-bond donors (Lipinski definition) is 2. The fourth-order valence-electron chi connectivity index (χ4n) is 2.46. The van der Waals surface area contributed by atoms with Gasteiger partial charge in [0.15, 0.2) is 0 Å². The summed E-state index contributed by atoms with van der Waals surface area (Å²) >= 11 is 5.94. The van der Waals surface area contributed by atoms with Gasteiger partial charge in [-0.25, -0.2) is 8.42 Å². The first-order valence-electron chi connectivity index (χ1n) is 8.69. The number of methoxy groups -OCH3 is 2. The predicted molar refractivity (Wildman–Crippen MR) is 111 cm³/mol. The molecule has 2 aromatic rings. The van der Waals surface area contributed by atoms with E-state index >= 15 is 0 Å². The van der Waals surface area contributed by atoms with E-state index in [1.807, 2.05) is 0 Å². The lowest BCUT2D eigenvalue weighted by Crippen LogP contribution is -2.41. The van der Waals surface area contributed by atoms with Crippen molar-refractivity contribution in [3.05, 3.63) is 41.4 Å². The van der Waals surface area contributed by atoms with Gasteiger partial charge in [0, 0.05) is 11.1 Å². The van der Waals surface area contributed by atoms with E-state index in [0.29, 0.717) is 17.2 Å². The minimum Gasteiger partial charge on any atom is -0.497 e. The topological polar surface area (TPSA) is 103 Å². The second kappa shape index (κ2) is 9.82. The van der Waals surface area contributed by atoms with Crippen LogP contribution in [0.4, 0.5) is 5.69 Å². The second-order valence-electron chi connectivity index (χ2n) is 5.92. The molecule has 0 bridgehead atoms. The van der Waals surface area contributed by atoms with E-state index < -0.39 is 22.0 Å². The summed E-state index contributed by atoms with van der Waals surface area (Å²) in [7, 11) is -1.11. The van der Waals surface area contributed by atoms with Gasteiger partial charge in [-0.2, -0.15) is 4.72 Å². The molecule has 8 nitrogen and oxygen atoms in total. The Labute approximate surface area is 175 Å². The smallest absolute Gasteiger partial charge is 0.245 e. The molecule has 0 spiro atoms. The summed E-state index contributed by atoms with van der Waals surface area (Å²) in [6, 6.07) is 8.02. The fourth-order valence-corrected chi connectivity index (χ4v) is 4.07. The first-order chi connectivity index (χ1) is 13.7. The van der Waals surface area contributed by atoms with Gasteiger partial charge < -0.3 is 19.5 Å². The molecule has 158 valence electrons. The molecule has 0 aliphatic heterocycles. The summed E-state index contributed by atoms with van der Waals surface area (Å²) in [6.07, 6.45) is 0. The average molecular weight is 443 g/mol. The zero-order valence-electron chi connectivity index (χ0n) is 16.5. The normalized spacial score (nSPS) is 12.2. The van der Waals surface area contributed by atoms with Crippen LogP contribution in [0.5, 0.6) is 17.2 Å². The third kappa shape index (κ3) is 5.75. The van der Waals surface area contributed by atoms with Crippen LogP contribution in [-0.2, 0) is 14.8 Å². The summed E-state index contributed by atoms with van der Waals surface area (Å²) in [5.74, 6) is 0.505. The van der Waals surface area contributed by atoms with Gasteiger partial charge in [0.05, 0.1) is 32.6 Å². The van der Waals surface area contributed by atoms with Crippen molar-refractivity contribution in [3.8, 4) is 17.2 Å². The lowest BCUT2D eigenvalue weighted by Gasteiger charge is -2.17. The van der Waals surface area contributed by atoms with Gasteiger partial charge in [-0.05, 0) is 44.2 Å². The molecule has 0 aliphatic rings. The first-order valence-corrected chi connectivity index (χ1v) is 10.6. The number of carbonyl (C=O) groups is 1. The van der Waals surface area contributed by atoms with Crippen LogP contribution < -0.4 is 24.2 Å². The number of carbonyl (C=O) groups excluding carboxylic acids is 1. The van der Waals surface area contributed by atoms with Crippen LogP contribution in [0.1, 0.15) is 13.8 Å². The summed E-state index contributed by atoms with van der Waals surface area (Å²) in [5, 5.41) is 2.86. The quantitative estimate of drug-likeness (QED) is 0.618. The maximum absolute atomic E-state index is 12.8. The zero-order chi connectivity index (χ0) is 21.6. The van der Waals surface area contributed by atoms with Crippen LogP contribution in [0.25, 0.3) is 0 Å². The molecule has 0 saturated carbocycles. The Balaban J connectivity index is 2.20. The molecule has 0 aliphatic carbocycles. The molecule has 2 N–H and O–H groups in total. The lowest BCUT2D eigenvalue weighted by atomic mass is 10.2. The standard InChI is InChI=1S/C19H23ClN2O6S/c1-5-28-16-9-6-13(20)10-18(16)29(24,25)22-12(2)19(23)21-15-8-7-14(26-3)11-17(15)27-4/h6-12,22H,5H2,1-4H3,(H,21,23). The number of sulfonamides is 1. The number of rotatable bonds is 9. The molecular weight excluding hydrogens is 420 g/mol. The molecule has 2 aromatic carbocycles. The Hall–Kier alpha value is -2.49. The van der Waals surface area contributed by atoms with Crippen molar-refractivity contribution >= 4 is 33.2 Å². The summed E-state index contributed by atoms with van der Waals surface area (Å²) in [6.45, 7) is 3.43. The molecule has 1 unspecified atom stereocenters. The van der Waals surface area contributed by atoms with Crippen molar-refractivity contribution in [2.45, 2.75) is 24.8 Å². The van der Waals surface area contributed by atoms with Gasteiger partial charge >= 0.3 is 0 Å². The van der Waals surface area contributed by atoms with Crippen molar-refractivity contribution in [2.24, 2.45) is 0 Å². The first kappa shape index (κ1) is 22.8. The number of benzene rings is 2. The van der Waals surface area contributed by atoms with E-state index in [2.05, 4.69) is 10.0 Å². The van der Waals surface area contributed by atoms with E-state index in [0.717, 1.165) is 0 Å². The third-order valence-electron chi connectivity index (χ3n) is 3.89. The summed E-state index contributed by atoms with van der Waals surface area (Å²) in [4.78, 5) is 12.4. The predicted octanol–water partition coefficient (Wildman–Crippen LogP) is 3.06. The van der Waals surface area contributed by atoms with Gasteiger partial charge in [-0.3, -0.25) is 4.79 Å².